The Morgan fingerprint density at radius 1 is 1.21 bits per heavy atom. The summed E-state index contributed by atoms with van der Waals surface area (Å²) in [6.45, 7) is 5.30. The van der Waals surface area contributed by atoms with Crippen molar-refractivity contribution in [1.82, 2.24) is 4.67 Å². The van der Waals surface area contributed by atoms with Crippen LogP contribution >= 0.6 is 7.75 Å². The van der Waals surface area contributed by atoms with Crippen LogP contribution in [0.5, 0.6) is 0 Å². The van der Waals surface area contributed by atoms with Gasteiger partial charge in [-0.05, 0) is 51.2 Å². The molecule has 1 aromatic carbocycles. The third-order valence-electron chi connectivity index (χ3n) is 3.94. The molecule has 1 unspecified atom stereocenters. The minimum atomic E-state index is -3.80. The number of amides is 1. The minimum absolute atomic E-state index is 0.407. The molecule has 0 spiro atoms. The number of hydrogen-bond acceptors (Lipinski definition) is 5. The van der Waals surface area contributed by atoms with Crippen LogP contribution in [0.2, 0.25) is 0 Å². The first-order valence-electron chi connectivity index (χ1n) is 8.04. The van der Waals surface area contributed by atoms with Gasteiger partial charge in [0.25, 0.3) is 0 Å². The van der Waals surface area contributed by atoms with E-state index in [-0.39, 0.29) is 0 Å². The molecular weight excluding hydrogens is 329 g/mol. The van der Waals surface area contributed by atoms with E-state index in [2.05, 4.69) is 0 Å². The third-order valence-corrected chi connectivity index (χ3v) is 5.83. The number of hydrogen-bond donors (Lipinski definition) is 0. The summed E-state index contributed by atoms with van der Waals surface area (Å²) in [6, 6.07) is 7.45. The molecule has 0 aliphatic heterocycles. The predicted octanol–water partition coefficient (Wildman–Crippen LogP) is 4.70. The summed E-state index contributed by atoms with van der Waals surface area (Å²) in [5.74, 6) is 0. The summed E-state index contributed by atoms with van der Waals surface area (Å²) in [4.78, 5) is 12.8. The van der Waals surface area contributed by atoms with Crippen molar-refractivity contribution in [1.29, 1.82) is 0 Å². The lowest BCUT2D eigenvalue weighted by Gasteiger charge is -2.38. The van der Waals surface area contributed by atoms with E-state index in [0.717, 1.165) is 28.6 Å². The van der Waals surface area contributed by atoms with E-state index in [0.29, 0.717) is 6.42 Å². The molecule has 6 nitrogen and oxygen atoms in total. The van der Waals surface area contributed by atoms with E-state index >= 15 is 0 Å². The molecule has 0 N–H and O–H groups in total. The highest BCUT2D eigenvalue weighted by Gasteiger charge is 2.45. The lowest BCUT2D eigenvalue weighted by atomic mass is 9.88. The molecule has 0 heterocycles. The molecule has 2 rings (SSSR count). The van der Waals surface area contributed by atoms with Gasteiger partial charge in [0.2, 0.25) is 0 Å². The predicted molar refractivity (Wildman–Crippen MR) is 91.8 cm³/mol. The van der Waals surface area contributed by atoms with Gasteiger partial charge in [0, 0.05) is 14.2 Å². The Kier molecular flexibility index (Phi) is 5.74. The largest absolute Gasteiger partial charge is 0.443 e. The van der Waals surface area contributed by atoms with Gasteiger partial charge in [-0.25, -0.2) is 14.0 Å². The highest BCUT2D eigenvalue weighted by molar-refractivity contribution is 7.52. The summed E-state index contributed by atoms with van der Waals surface area (Å²) >= 11 is 0. The van der Waals surface area contributed by atoms with Crippen LogP contribution < -0.4 is 0 Å². The van der Waals surface area contributed by atoms with E-state index in [1.807, 2.05) is 24.3 Å². The maximum atomic E-state index is 13.1. The second kappa shape index (κ2) is 7.26. The lowest BCUT2D eigenvalue weighted by Crippen LogP contribution is -2.39. The number of ether oxygens (including phenoxy) is 1. The fourth-order valence-corrected chi connectivity index (χ4v) is 4.26. The van der Waals surface area contributed by atoms with E-state index in [1.54, 1.807) is 20.8 Å². The number of carbonyl (C=O) groups excluding carboxylic acids is 1. The zero-order valence-electron chi connectivity index (χ0n) is 14.9. The normalized spacial score (nSPS) is 18.0. The molecular formula is C17H26NO5P. The first-order chi connectivity index (χ1) is 11.2. The summed E-state index contributed by atoms with van der Waals surface area (Å²) in [6.07, 6.45) is 1.79. The van der Waals surface area contributed by atoms with Crippen LogP contribution in [0.4, 0.5) is 4.79 Å². The third kappa shape index (κ3) is 4.00. The molecule has 1 aromatic rings. The molecule has 1 atom stereocenters. The SMILES string of the molecule is COP(=O)(OC)N(C(=O)OC(C)(C)C)C1CCCc2ccccc21. The molecule has 0 fully saturated rings. The number of carbonyl (C=O) groups is 1. The molecule has 1 amide bonds. The second-order valence-corrected chi connectivity index (χ2v) is 8.86. The summed E-state index contributed by atoms with van der Waals surface area (Å²) < 4.78 is 29.9. The Morgan fingerprint density at radius 3 is 2.42 bits per heavy atom. The number of nitrogens with zero attached hydrogens (tertiary/aromatic N) is 1. The van der Waals surface area contributed by atoms with Gasteiger partial charge in [0.05, 0.1) is 6.04 Å². The van der Waals surface area contributed by atoms with E-state index in [9.17, 15) is 9.36 Å². The maximum absolute atomic E-state index is 13.1. The average Bonchev–Trinajstić information content (AvgIpc) is 2.53. The van der Waals surface area contributed by atoms with E-state index in [1.165, 1.54) is 14.2 Å². The number of benzene rings is 1. The van der Waals surface area contributed by atoms with Crippen LogP contribution in [-0.4, -0.2) is 30.6 Å². The van der Waals surface area contributed by atoms with Crippen LogP contribution in [-0.2, 0) is 24.8 Å². The number of fused-ring (bicyclic) bond motifs is 1. The Morgan fingerprint density at radius 2 is 1.83 bits per heavy atom. The van der Waals surface area contributed by atoms with E-state index in [4.69, 9.17) is 13.8 Å². The average molecular weight is 355 g/mol. The van der Waals surface area contributed by atoms with Crippen molar-refractivity contribution in [2.45, 2.75) is 51.7 Å². The Labute approximate surface area is 143 Å². The summed E-state index contributed by atoms with van der Waals surface area (Å²) in [7, 11) is -1.25. The Balaban J connectivity index is 2.48. The van der Waals surface area contributed by atoms with Crippen LogP contribution in [0.1, 0.15) is 50.8 Å². The van der Waals surface area contributed by atoms with Crippen molar-refractivity contribution in [3.05, 3.63) is 35.4 Å². The lowest BCUT2D eigenvalue weighted by molar-refractivity contribution is 0.0253. The molecule has 1 aliphatic rings. The van der Waals surface area contributed by atoms with Crippen molar-refractivity contribution in [3.8, 4) is 0 Å². The minimum Gasteiger partial charge on any atom is -0.443 e. The smallest absolute Gasteiger partial charge is 0.440 e. The molecule has 134 valence electrons. The van der Waals surface area contributed by atoms with Crippen molar-refractivity contribution >= 4 is 13.8 Å². The van der Waals surface area contributed by atoms with Gasteiger partial charge < -0.3 is 4.74 Å². The Hall–Kier alpha value is -1.36. The van der Waals surface area contributed by atoms with Gasteiger partial charge in [-0.3, -0.25) is 9.05 Å². The van der Waals surface area contributed by atoms with Crippen LogP contribution in [0.15, 0.2) is 24.3 Å². The fraction of sp³-hybridized carbons (Fsp3) is 0.588. The molecule has 1 aliphatic carbocycles. The molecule has 7 heteroatoms. The highest BCUT2D eigenvalue weighted by atomic mass is 31.2. The second-order valence-electron chi connectivity index (χ2n) is 6.77. The van der Waals surface area contributed by atoms with Gasteiger partial charge in [0.1, 0.15) is 5.60 Å². The van der Waals surface area contributed by atoms with Crippen LogP contribution in [0.25, 0.3) is 0 Å². The molecule has 0 aromatic heterocycles. The van der Waals surface area contributed by atoms with Crippen LogP contribution in [0, 0.1) is 0 Å². The summed E-state index contributed by atoms with van der Waals surface area (Å²) in [5, 5.41) is 0. The summed E-state index contributed by atoms with van der Waals surface area (Å²) in [5.41, 5.74) is 1.39. The standard InChI is InChI=1S/C17H26NO5P/c1-17(2,3)23-16(19)18(24(20,21-4)22-5)15-12-8-10-13-9-6-7-11-14(13)15/h6-7,9,11,15H,8,10,12H2,1-5H3. The Bertz CT molecular complexity index is 632. The number of aryl methyl sites for hydroxylation is 1. The quantitative estimate of drug-likeness (QED) is 0.732. The number of rotatable bonds is 4. The first-order valence-corrected chi connectivity index (χ1v) is 9.53. The van der Waals surface area contributed by atoms with Crippen LogP contribution in [0.3, 0.4) is 0 Å². The molecule has 0 bridgehead atoms. The van der Waals surface area contributed by atoms with Gasteiger partial charge in [-0.15, -0.1) is 0 Å². The highest BCUT2D eigenvalue weighted by Crippen LogP contribution is 2.57. The molecule has 0 saturated carbocycles. The van der Waals surface area contributed by atoms with Crippen molar-refractivity contribution in [3.63, 3.8) is 0 Å². The molecule has 0 radical (unpaired) electrons. The zero-order valence-corrected chi connectivity index (χ0v) is 15.8. The van der Waals surface area contributed by atoms with Gasteiger partial charge in [0.15, 0.2) is 0 Å². The zero-order chi connectivity index (χ0) is 18.0. The topological polar surface area (TPSA) is 65.1 Å². The van der Waals surface area contributed by atoms with Crippen molar-refractivity contribution in [2.75, 3.05) is 14.2 Å². The van der Waals surface area contributed by atoms with E-state index < -0.39 is 25.5 Å². The van der Waals surface area contributed by atoms with Crippen molar-refractivity contribution in [2.24, 2.45) is 0 Å². The van der Waals surface area contributed by atoms with Gasteiger partial charge >= 0.3 is 13.8 Å². The van der Waals surface area contributed by atoms with Gasteiger partial charge in [-0.2, -0.15) is 0 Å². The fourth-order valence-electron chi connectivity index (χ4n) is 2.94. The van der Waals surface area contributed by atoms with Gasteiger partial charge in [-0.1, -0.05) is 24.3 Å². The first kappa shape index (κ1) is 19.0. The molecule has 24 heavy (non-hydrogen) atoms. The monoisotopic (exact) mass is 355 g/mol. The van der Waals surface area contributed by atoms with Crippen molar-refractivity contribution < 1.29 is 23.1 Å². The molecule has 0 saturated heterocycles. The maximum Gasteiger partial charge on any atom is 0.440 e.